The van der Waals surface area contributed by atoms with Gasteiger partial charge in [-0.15, -0.1) is 0 Å². The first kappa shape index (κ1) is 24.4. The Morgan fingerprint density at radius 3 is 2.66 bits per heavy atom. The van der Waals surface area contributed by atoms with E-state index in [2.05, 4.69) is 20.3 Å². The van der Waals surface area contributed by atoms with Gasteiger partial charge < -0.3 is 15.0 Å². The number of carbonyl (C=O) groups is 1. The summed E-state index contributed by atoms with van der Waals surface area (Å²) in [4.78, 5) is 35.2. The van der Waals surface area contributed by atoms with Crippen LogP contribution in [0.4, 0.5) is 13.2 Å². The number of aromatic nitrogens is 3. The minimum Gasteiger partial charge on any atom is -0.477 e. The maximum atomic E-state index is 13.8. The standard InChI is InChI=1S/C25H25F3N4O3/c1-14(2)24(34)30-12-16-5-6-19(25(26,27)28)18(9-16)23-31-20(11-21(33)32-23)17-7-8-29-22(10-17)35-13-15-3-4-15/h5-11,14-15H,3-4,12-13H2,1-2H3,(H,30,34)(H,31,32,33). The van der Waals surface area contributed by atoms with Crippen molar-refractivity contribution in [3.05, 3.63) is 64.1 Å². The lowest BCUT2D eigenvalue weighted by Gasteiger charge is -2.15. The monoisotopic (exact) mass is 486 g/mol. The van der Waals surface area contributed by atoms with Crippen LogP contribution in [0, 0.1) is 11.8 Å². The number of alkyl halides is 3. The molecule has 0 saturated heterocycles. The van der Waals surface area contributed by atoms with Crippen molar-refractivity contribution >= 4 is 5.91 Å². The second kappa shape index (κ2) is 9.89. The average Bonchev–Trinajstić information content (AvgIpc) is 3.65. The van der Waals surface area contributed by atoms with Gasteiger partial charge in [-0.25, -0.2) is 9.97 Å². The summed E-state index contributed by atoms with van der Waals surface area (Å²) in [6.45, 7) is 4.02. The smallest absolute Gasteiger partial charge is 0.417 e. The minimum absolute atomic E-state index is 0.0398. The highest BCUT2D eigenvalue weighted by molar-refractivity contribution is 5.78. The number of hydrogen-bond acceptors (Lipinski definition) is 5. The van der Waals surface area contributed by atoms with Gasteiger partial charge in [0.25, 0.3) is 5.56 Å². The molecule has 0 radical (unpaired) electrons. The quantitative estimate of drug-likeness (QED) is 0.486. The summed E-state index contributed by atoms with van der Waals surface area (Å²) in [6, 6.07) is 7.93. The molecule has 1 saturated carbocycles. The first-order chi connectivity index (χ1) is 16.6. The lowest BCUT2D eigenvalue weighted by Crippen LogP contribution is -2.27. The van der Waals surface area contributed by atoms with E-state index in [0.717, 1.165) is 18.9 Å². The van der Waals surface area contributed by atoms with Crippen molar-refractivity contribution in [3.8, 4) is 28.5 Å². The Morgan fingerprint density at radius 2 is 1.97 bits per heavy atom. The molecule has 1 fully saturated rings. The predicted octanol–water partition coefficient (Wildman–Crippen LogP) is 4.58. The SMILES string of the molecule is CC(C)C(=O)NCc1ccc(C(F)(F)F)c(-c2nc(-c3ccnc(OCC4CC4)c3)cc(=O)[nH]2)c1. The summed E-state index contributed by atoms with van der Waals surface area (Å²) in [5.74, 6) is 0.156. The molecular formula is C25H25F3N4O3. The van der Waals surface area contributed by atoms with Gasteiger partial charge in [0.15, 0.2) is 0 Å². The van der Waals surface area contributed by atoms with Crippen molar-refractivity contribution in [1.29, 1.82) is 0 Å². The number of hydrogen-bond donors (Lipinski definition) is 2. The molecule has 3 aromatic rings. The van der Waals surface area contributed by atoms with E-state index < -0.39 is 17.3 Å². The lowest BCUT2D eigenvalue weighted by atomic mass is 10.0. The van der Waals surface area contributed by atoms with E-state index in [1.807, 2.05) is 0 Å². The summed E-state index contributed by atoms with van der Waals surface area (Å²) < 4.78 is 47.1. The van der Waals surface area contributed by atoms with Crippen LogP contribution in [0.25, 0.3) is 22.6 Å². The molecule has 1 aliphatic carbocycles. The number of carbonyl (C=O) groups excluding carboxylic acids is 1. The normalized spacial score (nSPS) is 13.7. The Morgan fingerprint density at radius 1 is 1.20 bits per heavy atom. The third-order valence-electron chi connectivity index (χ3n) is 5.57. The van der Waals surface area contributed by atoms with Gasteiger partial charge >= 0.3 is 6.18 Å². The van der Waals surface area contributed by atoms with E-state index >= 15 is 0 Å². The number of amides is 1. The van der Waals surface area contributed by atoms with Crippen LogP contribution < -0.4 is 15.6 Å². The van der Waals surface area contributed by atoms with E-state index in [0.29, 0.717) is 29.5 Å². The van der Waals surface area contributed by atoms with Gasteiger partial charge in [-0.1, -0.05) is 19.9 Å². The van der Waals surface area contributed by atoms with Crippen LogP contribution >= 0.6 is 0 Å². The molecule has 0 atom stereocenters. The van der Waals surface area contributed by atoms with Crippen LogP contribution in [-0.2, 0) is 17.5 Å². The number of rotatable bonds is 8. The molecule has 2 heterocycles. The summed E-state index contributed by atoms with van der Waals surface area (Å²) >= 11 is 0. The topological polar surface area (TPSA) is 97.0 Å². The van der Waals surface area contributed by atoms with Gasteiger partial charge in [-0.2, -0.15) is 13.2 Å². The summed E-state index contributed by atoms with van der Waals surface area (Å²) in [7, 11) is 0. The maximum absolute atomic E-state index is 13.8. The fraction of sp³-hybridized carbons (Fsp3) is 0.360. The van der Waals surface area contributed by atoms with Crippen molar-refractivity contribution in [2.45, 2.75) is 39.4 Å². The molecule has 7 nitrogen and oxygen atoms in total. The van der Waals surface area contributed by atoms with Crippen molar-refractivity contribution in [2.75, 3.05) is 6.61 Å². The van der Waals surface area contributed by atoms with Crippen LogP contribution in [0.3, 0.4) is 0 Å². The fourth-order valence-electron chi connectivity index (χ4n) is 3.41. The number of halogens is 3. The van der Waals surface area contributed by atoms with Crippen LogP contribution in [0.1, 0.15) is 37.8 Å². The predicted molar refractivity (Wildman–Crippen MR) is 123 cm³/mol. The summed E-state index contributed by atoms with van der Waals surface area (Å²) in [5.41, 5.74) is -0.711. The first-order valence-corrected chi connectivity index (χ1v) is 11.3. The summed E-state index contributed by atoms with van der Waals surface area (Å²) in [6.07, 6.45) is -0.954. The maximum Gasteiger partial charge on any atom is 0.417 e. The second-order valence-corrected chi connectivity index (χ2v) is 8.87. The molecule has 0 bridgehead atoms. The molecule has 1 aromatic carbocycles. The van der Waals surface area contributed by atoms with E-state index in [4.69, 9.17) is 4.74 Å². The van der Waals surface area contributed by atoms with Gasteiger partial charge in [-0.05, 0) is 42.5 Å². The Hall–Kier alpha value is -3.69. The third kappa shape index (κ3) is 6.26. The van der Waals surface area contributed by atoms with Gasteiger partial charge in [0, 0.05) is 41.9 Å². The number of nitrogens with one attached hydrogen (secondary N) is 2. The molecule has 1 amide bonds. The molecule has 1 aliphatic rings. The Kier molecular flexibility index (Phi) is 6.90. The molecule has 2 aromatic heterocycles. The van der Waals surface area contributed by atoms with Crippen molar-refractivity contribution in [3.63, 3.8) is 0 Å². The third-order valence-corrected chi connectivity index (χ3v) is 5.57. The van der Waals surface area contributed by atoms with Crippen molar-refractivity contribution in [1.82, 2.24) is 20.3 Å². The number of ether oxygens (including phenoxy) is 1. The van der Waals surface area contributed by atoms with Gasteiger partial charge in [0.2, 0.25) is 11.8 Å². The lowest BCUT2D eigenvalue weighted by molar-refractivity contribution is -0.137. The zero-order chi connectivity index (χ0) is 25.2. The average molecular weight is 486 g/mol. The molecular weight excluding hydrogens is 461 g/mol. The van der Waals surface area contributed by atoms with Crippen LogP contribution in [0.15, 0.2) is 47.4 Å². The Balaban J connectivity index is 1.70. The number of benzene rings is 1. The highest BCUT2D eigenvalue weighted by atomic mass is 19.4. The molecule has 4 rings (SSSR count). The molecule has 0 aliphatic heterocycles. The van der Waals surface area contributed by atoms with Crippen LogP contribution in [0.5, 0.6) is 5.88 Å². The van der Waals surface area contributed by atoms with E-state index in [9.17, 15) is 22.8 Å². The Bertz CT molecular complexity index is 1280. The largest absolute Gasteiger partial charge is 0.477 e. The van der Waals surface area contributed by atoms with E-state index in [1.165, 1.54) is 24.4 Å². The minimum atomic E-state index is -4.68. The van der Waals surface area contributed by atoms with Crippen molar-refractivity contribution < 1.29 is 22.7 Å². The highest BCUT2D eigenvalue weighted by Crippen LogP contribution is 2.37. The fourth-order valence-corrected chi connectivity index (χ4v) is 3.41. The zero-order valence-corrected chi connectivity index (χ0v) is 19.3. The number of nitrogens with zero attached hydrogens (tertiary/aromatic N) is 2. The molecule has 10 heteroatoms. The molecule has 0 spiro atoms. The zero-order valence-electron chi connectivity index (χ0n) is 19.3. The number of H-pyrrole nitrogens is 1. The van der Waals surface area contributed by atoms with Gasteiger partial charge in [-0.3, -0.25) is 9.59 Å². The van der Waals surface area contributed by atoms with Crippen molar-refractivity contribution in [2.24, 2.45) is 11.8 Å². The highest BCUT2D eigenvalue weighted by Gasteiger charge is 2.34. The van der Waals surface area contributed by atoms with Gasteiger partial charge in [0.05, 0.1) is 17.9 Å². The Labute approximate surface area is 199 Å². The molecule has 2 N–H and O–H groups in total. The molecule has 35 heavy (non-hydrogen) atoms. The van der Waals surface area contributed by atoms with Gasteiger partial charge in [0.1, 0.15) is 5.82 Å². The molecule has 184 valence electrons. The second-order valence-electron chi connectivity index (χ2n) is 8.87. The van der Waals surface area contributed by atoms with E-state index in [-0.39, 0.29) is 35.5 Å². The molecule has 0 unspecified atom stereocenters. The van der Waals surface area contributed by atoms with E-state index in [1.54, 1.807) is 26.0 Å². The first-order valence-electron chi connectivity index (χ1n) is 11.3. The van der Waals surface area contributed by atoms with Crippen LogP contribution in [0.2, 0.25) is 0 Å². The number of pyridine rings is 1. The van der Waals surface area contributed by atoms with Crippen LogP contribution in [-0.4, -0.2) is 27.5 Å². The number of aromatic amines is 1. The summed E-state index contributed by atoms with van der Waals surface area (Å²) in [5, 5.41) is 2.68.